The molecule has 9 nitrogen and oxygen atoms in total. The van der Waals surface area contributed by atoms with Crippen LogP contribution in [0.1, 0.15) is 22.5 Å². The minimum atomic E-state index is -3.01. The van der Waals surface area contributed by atoms with E-state index in [1.807, 2.05) is 13.1 Å². The Morgan fingerprint density at radius 3 is 2.72 bits per heavy atom. The average molecular weight is 538 g/mol. The van der Waals surface area contributed by atoms with Gasteiger partial charge in [0.2, 0.25) is 5.95 Å². The first-order valence-corrected chi connectivity index (χ1v) is 12.4. The smallest absolute Gasteiger partial charge is 0.387 e. The number of piperidine rings is 1. The highest BCUT2D eigenvalue weighted by atomic mass is 35.5. The van der Waals surface area contributed by atoms with Gasteiger partial charge in [-0.2, -0.15) is 13.8 Å². The summed E-state index contributed by atoms with van der Waals surface area (Å²) >= 11 is 7.40. The predicted molar refractivity (Wildman–Crippen MR) is 138 cm³/mol. The van der Waals surface area contributed by atoms with Crippen molar-refractivity contribution in [2.75, 3.05) is 42.7 Å². The van der Waals surface area contributed by atoms with E-state index in [0.29, 0.717) is 16.6 Å². The molecule has 1 amide bonds. The van der Waals surface area contributed by atoms with E-state index in [1.54, 1.807) is 23.6 Å². The minimum absolute atomic E-state index is 0.0378. The third-order valence-corrected chi connectivity index (χ3v) is 7.16. The molecule has 1 fully saturated rings. The van der Waals surface area contributed by atoms with Crippen LogP contribution in [-0.4, -0.2) is 60.6 Å². The molecule has 3 heterocycles. The number of likely N-dealkylation sites (tertiary alicyclic amines) is 1. The molecule has 0 radical (unpaired) electrons. The summed E-state index contributed by atoms with van der Waals surface area (Å²) in [4.78, 5) is 24.8. The topological polar surface area (TPSA) is 109 Å². The van der Waals surface area contributed by atoms with Crippen molar-refractivity contribution in [2.45, 2.75) is 25.5 Å². The number of benzene rings is 1. The molecule has 0 unspecified atom stereocenters. The van der Waals surface area contributed by atoms with E-state index in [2.05, 4.69) is 37.4 Å². The van der Waals surface area contributed by atoms with Crippen LogP contribution >= 0.6 is 22.9 Å². The highest BCUT2D eigenvalue weighted by Gasteiger charge is 2.22. The van der Waals surface area contributed by atoms with Crippen molar-refractivity contribution in [2.24, 2.45) is 5.73 Å². The monoisotopic (exact) mass is 537 g/mol. The van der Waals surface area contributed by atoms with E-state index in [-0.39, 0.29) is 28.2 Å². The lowest BCUT2D eigenvalue weighted by molar-refractivity contribution is -0.0493. The number of hydrogen-bond donors (Lipinski definition) is 3. The number of nitrogens with two attached hydrogens (primary N) is 1. The Balaban J connectivity index is 1.57. The van der Waals surface area contributed by atoms with Crippen LogP contribution in [-0.2, 0) is 0 Å². The summed E-state index contributed by atoms with van der Waals surface area (Å²) in [7, 11) is 4.04. The van der Waals surface area contributed by atoms with Crippen LogP contribution < -0.4 is 26.0 Å². The Morgan fingerprint density at radius 1 is 1.28 bits per heavy atom. The van der Waals surface area contributed by atoms with E-state index in [0.717, 1.165) is 31.6 Å². The normalized spacial score (nSPS) is 14.6. The van der Waals surface area contributed by atoms with Crippen molar-refractivity contribution in [1.82, 2.24) is 14.9 Å². The van der Waals surface area contributed by atoms with Crippen molar-refractivity contribution in [3.05, 3.63) is 45.7 Å². The molecule has 4 N–H and O–H groups in total. The Kier molecular flexibility index (Phi) is 8.07. The van der Waals surface area contributed by atoms with E-state index in [1.165, 1.54) is 17.5 Å². The maximum absolute atomic E-state index is 13.2. The van der Waals surface area contributed by atoms with Crippen LogP contribution in [0.2, 0.25) is 5.02 Å². The second-order valence-electron chi connectivity index (χ2n) is 8.37. The number of carbonyl (C=O) groups is 1. The van der Waals surface area contributed by atoms with Crippen molar-refractivity contribution >= 4 is 57.7 Å². The van der Waals surface area contributed by atoms with Crippen LogP contribution in [0.4, 0.5) is 37.6 Å². The molecule has 36 heavy (non-hydrogen) atoms. The summed E-state index contributed by atoms with van der Waals surface area (Å²) in [5.41, 5.74) is 6.87. The number of thiophene rings is 1. The van der Waals surface area contributed by atoms with Crippen LogP contribution in [0.25, 0.3) is 0 Å². The number of aromatic nitrogens is 2. The Bertz CT molecular complexity index is 1220. The molecule has 0 aliphatic carbocycles. The molecule has 0 atom stereocenters. The zero-order chi connectivity index (χ0) is 25.8. The second kappa shape index (κ2) is 11.2. The quantitative estimate of drug-likeness (QED) is 0.353. The van der Waals surface area contributed by atoms with Gasteiger partial charge in [0.15, 0.2) is 11.6 Å². The Hall–Kier alpha value is -3.22. The molecule has 1 saturated heterocycles. The number of halogens is 3. The minimum Gasteiger partial charge on any atom is -0.433 e. The fourth-order valence-electron chi connectivity index (χ4n) is 3.98. The highest BCUT2D eigenvalue weighted by Crippen LogP contribution is 2.35. The van der Waals surface area contributed by atoms with Crippen LogP contribution in [0.15, 0.2) is 35.8 Å². The summed E-state index contributed by atoms with van der Waals surface area (Å²) < 4.78 is 31.3. The lowest BCUT2D eigenvalue weighted by Gasteiger charge is -2.36. The van der Waals surface area contributed by atoms with Gasteiger partial charge in [-0.25, -0.2) is 4.98 Å². The highest BCUT2D eigenvalue weighted by molar-refractivity contribution is 7.12. The lowest BCUT2D eigenvalue weighted by atomic mass is 10.0. The molecule has 13 heteroatoms. The summed E-state index contributed by atoms with van der Waals surface area (Å²) in [6, 6.07) is 7.03. The van der Waals surface area contributed by atoms with Crippen molar-refractivity contribution in [1.29, 1.82) is 0 Å². The number of alkyl halides is 2. The fraction of sp³-hybridized carbons (Fsp3) is 0.348. The third kappa shape index (κ3) is 6.12. The lowest BCUT2D eigenvalue weighted by Crippen LogP contribution is -2.42. The number of rotatable bonds is 9. The number of carbonyl (C=O) groups excluding carboxylic acids is 1. The third-order valence-electron chi connectivity index (χ3n) is 5.96. The largest absolute Gasteiger partial charge is 0.433 e. The fourth-order valence-corrected chi connectivity index (χ4v) is 4.82. The van der Waals surface area contributed by atoms with Gasteiger partial charge in [-0.05, 0) is 56.6 Å². The number of anilines is 5. The van der Waals surface area contributed by atoms with Crippen molar-refractivity contribution in [3.63, 3.8) is 0 Å². The first-order valence-electron chi connectivity index (χ1n) is 11.2. The van der Waals surface area contributed by atoms with Crippen molar-refractivity contribution < 1.29 is 18.3 Å². The van der Waals surface area contributed by atoms with Gasteiger partial charge in [-0.3, -0.25) is 4.79 Å². The van der Waals surface area contributed by atoms with Gasteiger partial charge in [-0.1, -0.05) is 11.6 Å². The summed E-state index contributed by atoms with van der Waals surface area (Å²) in [6.45, 7) is -1.05. The molecule has 2 aromatic heterocycles. The van der Waals surface area contributed by atoms with Gasteiger partial charge in [0.1, 0.15) is 9.90 Å². The molecule has 0 bridgehead atoms. The average Bonchev–Trinajstić information content (AvgIpc) is 3.30. The predicted octanol–water partition coefficient (Wildman–Crippen LogP) is 4.91. The molecule has 192 valence electrons. The van der Waals surface area contributed by atoms with Crippen molar-refractivity contribution in [3.8, 4) is 5.75 Å². The number of hydrogen-bond acceptors (Lipinski definition) is 9. The van der Waals surface area contributed by atoms with E-state index < -0.39 is 12.5 Å². The Morgan fingerprint density at radius 2 is 2.03 bits per heavy atom. The Labute approximate surface area is 216 Å². The van der Waals surface area contributed by atoms with Crippen LogP contribution in [0.5, 0.6) is 5.75 Å². The van der Waals surface area contributed by atoms with Crippen LogP contribution in [0.3, 0.4) is 0 Å². The molecule has 0 saturated carbocycles. The van der Waals surface area contributed by atoms with Gasteiger partial charge in [-0.15, -0.1) is 11.3 Å². The molecular weight excluding hydrogens is 512 g/mol. The van der Waals surface area contributed by atoms with Gasteiger partial charge in [0, 0.05) is 24.8 Å². The number of nitrogens with zero attached hydrogens (tertiary/aromatic N) is 4. The number of nitrogens with one attached hydrogen (secondary N) is 2. The number of primary amides is 1. The van der Waals surface area contributed by atoms with E-state index >= 15 is 0 Å². The first-order chi connectivity index (χ1) is 17.2. The molecular formula is C23H26ClF2N7O2S. The summed E-state index contributed by atoms with van der Waals surface area (Å²) in [5.74, 6) is -0.322. The zero-order valence-corrected chi connectivity index (χ0v) is 21.2. The van der Waals surface area contributed by atoms with Gasteiger partial charge >= 0.3 is 6.61 Å². The maximum Gasteiger partial charge on any atom is 0.387 e. The van der Waals surface area contributed by atoms with Crippen LogP contribution in [0, 0.1) is 0 Å². The first kappa shape index (κ1) is 25.9. The summed E-state index contributed by atoms with van der Waals surface area (Å²) in [5, 5.41) is 7.78. The number of ether oxygens (including phenoxy) is 1. The molecule has 4 rings (SSSR count). The van der Waals surface area contributed by atoms with Gasteiger partial charge in [0.25, 0.3) is 5.91 Å². The molecule has 0 spiro atoms. The standard InChI is InChI=1S/C23H26ClF2N7O2S/c1-32-8-5-13(6-9-32)33(2)14-3-4-16(18(11-14)35-22(25)26)30-23-28-12-15(24)21(31-23)29-17-7-10-36-19(17)20(27)34/h3-4,7,10-13,22H,5-6,8-9H2,1-2H3,(H2,27,34)(H2,28,29,30,31). The van der Waals surface area contributed by atoms with Gasteiger partial charge < -0.3 is 30.9 Å². The number of amides is 1. The van der Waals surface area contributed by atoms with E-state index in [9.17, 15) is 13.6 Å². The van der Waals surface area contributed by atoms with Gasteiger partial charge in [0.05, 0.1) is 17.6 Å². The maximum atomic E-state index is 13.2. The SMILES string of the molecule is CN1CCC(N(C)c2ccc(Nc3ncc(Cl)c(Nc4ccsc4C(N)=O)n3)c(OC(F)F)c2)CC1. The molecule has 1 aliphatic rings. The summed E-state index contributed by atoms with van der Waals surface area (Å²) in [6.07, 6.45) is 3.31. The van der Waals surface area contributed by atoms with E-state index in [4.69, 9.17) is 22.1 Å². The molecule has 1 aliphatic heterocycles. The molecule has 3 aromatic rings. The second-order valence-corrected chi connectivity index (χ2v) is 9.70. The molecule has 1 aromatic carbocycles. The zero-order valence-electron chi connectivity index (χ0n) is 19.7.